The molecule has 0 heterocycles. The number of benzene rings is 3. The van der Waals surface area contributed by atoms with Gasteiger partial charge in [0.15, 0.2) is 0 Å². The number of carbonyl (C=O) groups is 1. The third kappa shape index (κ3) is 3.02. The Labute approximate surface area is 136 Å². The summed E-state index contributed by atoms with van der Waals surface area (Å²) in [5.41, 5.74) is 5.73. The highest BCUT2D eigenvalue weighted by Gasteiger charge is 2.16. The van der Waals surface area contributed by atoms with Crippen LogP contribution in [0.4, 0.5) is 0 Å². The topological polar surface area (TPSA) is 26.3 Å². The molecule has 3 aromatic carbocycles. The first-order valence-electron chi connectivity index (χ1n) is 7.54. The van der Waals surface area contributed by atoms with Gasteiger partial charge in [-0.25, -0.2) is 4.79 Å². The Hall–Kier alpha value is -2.87. The Morgan fingerprint density at radius 3 is 2.17 bits per heavy atom. The predicted octanol–water partition coefficient (Wildman–Crippen LogP) is 5.12. The van der Waals surface area contributed by atoms with Crippen LogP contribution in [0.25, 0.3) is 22.3 Å². The van der Waals surface area contributed by atoms with E-state index in [0.29, 0.717) is 5.56 Å². The van der Waals surface area contributed by atoms with Gasteiger partial charge in [-0.15, -0.1) is 0 Å². The molecule has 0 aliphatic carbocycles. The number of rotatable bonds is 3. The Balaban J connectivity index is 2.14. The van der Waals surface area contributed by atoms with Gasteiger partial charge in [0.05, 0.1) is 12.7 Å². The lowest BCUT2D eigenvalue weighted by Gasteiger charge is -2.12. The van der Waals surface area contributed by atoms with Gasteiger partial charge in [0, 0.05) is 0 Å². The van der Waals surface area contributed by atoms with Crippen LogP contribution >= 0.6 is 0 Å². The van der Waals surface area contributed by atoms with E-state index in [-0.39, 0.29) is 5.97 Å². The minimum absolute atomic E-state index is 0.303. The number of methoxy groups -OCH3 is 1. The minimum Gasteiger partial charge on any atom is -0.465 e. The summed E-state index contributed by atoms with van der Waals surface area (Å²) in [4.78, 5) is 12.2. The molecule has 0 saturated heterocycles. The standard InChI is InChI=1S/C21H18O2/c1-15-8-6-13-19(20(15)21(22)23-2)18-12-7-11-17(14-18)16-9-4-3-5-10-16/h3-14H,1-2H3. The summed E-state index contributed by atoms with van der Waals surface area (Å²) < 4.78 is 4.96. The fourth-order valence-corrected chi connectivity index (χ4v) is 2.78. The molecule has 3 rings (SSSR count). The van der Waals surface area contributed by atoms with Gasteiger partial charge in [-0.3, -0.25) is 0 Å². The Kier molecular flexibility index (Phi) is 4.24. The van der Waals surface area contributed by atoms with Gasteiger partial charge in [-0.05, 0) is 40.8 Å². The molecule has 2 heteroatoms. The molecule has 0 spiro atoms. The number of carbonyl (C=O) groups excluding carboxylic acids is 1. The van der Waals surface area contributed by atoms with Crippen LogP contribution in [0.2, 0.25) is 0 Å². The van der Waals surface area contributed by atoms with E-state index < -0.39 is 0 Å². The number of hydrogen-bond donors (Lipinski definition) is 0. The van der Waals surface area contributed by atoms with E-state index in [4.69, 9.17) is 4.74 Å². The van der Waals surface area contributed by atoms with Crippen molar-refractivity contribution in [3.8, 4) is 22.3 Å². The number of esters is 1. The Morgan fingerprint density at radius 2 is 1.43 bits per heavy atom. The van der Waals surface area contributed by atoms with Crippen molar-refractivity contribution >= 4 is 5.97 Å². The lowest BCUT2D eigenvalue weighted by Crippen LogP contribution is -2.06. The first-order valence-corrected chi connectivity index (χ1v) is 7.54. The normalized spacial score (nSPS) is 10.3. The predicted molar refractivity (Wildman–Crippen MR) is 93.4 cm³/mol. The number of hydrogen-bond acceptors (Lipinski definition) is 2. The summed E-state index contributed by atoms with van der Waals surface area (Å²) in [6, 6.07) is 24.3. The van der Waals surface area contributed by atoms with E-state index in [1.807, 2.05) is 55.5 Å². The second kappa shape index (κ2) is 6.49. The molecule has 0 radical (unpaired) electrons. The number of aryl methyl sites for hydroxylation is 1. The highest BCUT2D eigenvalue weighted by atomic mass is 16.5. The fourth-order valence-electron chi connectivity index (χ4n) is 2.78. The molecule has 0 amide bonds. The lowest BCUT2D eigenvalue weighted by atomic mass is 9.93. The molecule has 0 aromatic heterocycles. The van der Waals surface area contributed by atoms with Gasteiger partial charge in [0.2, 0.25) is 0 Å². The van der Waals surface area contributed by atoms with Crippen LogP contribution in [0.5, 0.6) is 0 Å². The molecular formula is C21H18O2. The van der Waals surface area contributed by atoms with E-state index in [0.717, 1.165) is 27.8 Å². The van der Waals surface area contributed by atoms with Crippen molar-refractivity contribution in [3.05, 3.63) is 83.9 Å². The summed E-state index contributed by atoms with van der Waals surface area (Å²) in [6.45, 7) is 1.93. The molecule has 0 unspecified atom stereocenters. The maximum atomic E-state index is 12.2. The summed E-state index contributed by atoms with van der Waals surface area (Å²) in [5, 5.41) is 0. The average molecular weight is 302 g/mol. The molecule has 0 N–H and O–H groups in total. The van der Waals surface area contributed by atoms with Crippen LogP contribution in [0.15, 0.2) is 72.8 Å². The molecule has 23 heavy (non-hydrogen) atoms. The largest absolute Gasteiger partial charge is 0.465 e. The summed E-state index contributed by atoms with van der Waals surface area (Å²) >= 11 is 0. The molecule has 3 aromatic rings. The van der Waals surface area contributed by atoms with Crippen molar-refractivity contribution in [3.63, 3.8) is 0 Å². The van der Waals surface area contributed by atoms with E-state index in [1.165, 1.54) is 7.11 Å². The van der Waals surface area contributed by atoms with Gasteiger partial charge in [-0.1, -0.05) is 66.7 Å². The van der Waals surface area contributed by atoms with Gasteiger partial charge < -0.3 is 4.74 Å². The van der Waals surface area contributed by atoms with Crippen molar-refractivity contribution < 1.29 is 9.53 Å². The molecule has 0 bridgehead atoms. The first kappa shape index (κ1) is 15.0. The minimum atomic E-state index is -0.303. The maximum Gasteiger partial charge on any atom is 0.338 e. The third-order valence-electron chi connectivity index (χ3n) is 3.94. The smallest absolute Gasteiger partial charge is 0.338 e. The maximum absolute atomic E-state index is 12.2. The molecular weight excluding hydrogens is 284 g/mol. The van der Waals surface area contributed by atoms with Crippen LogP contribution in [-0.4, -0.2) is 13.1 Å². The fraction of sp³-hybridized carbons (Fsp3) is 0.0952. The molecule has 0 saturated carbocycles. The second-order valence-corrected chi connectivity index (χ2v) is 5.44. The van der Waals surface area contributed by atoms with Crippen molar-refractivity contribution in [1.29, 1.82) is 0 Å². The second-order valence-electron chi connectivity index (χ2n) is 5.44. The van der Waals surface area contributed by atoms with E-state index in [1.54, 1.807) is 0 Å². The van der Waals surface area contributed by atoms with Crippen LogP contribution in [0.1, 0.15) is 15.9 Å². The third-order valence-corrected chi connectivity index (χ3v) is 3.94. The summed E-state index contributed by atoms with van der Waals surface area (Å²) in [5.74, 6) is -0.303. The average Bonchev–Trinajstić information content (AvgIpc) is 2.62. The zero-order chi connectivity index (χ0) is 16.2. The Morgan fingerprint density at radius 1 is 0.783 bits per heavy atom. The van der Waals surface area contributed by atoms with Crippen molar-refractivity contribution in [2.75, 3.05) is 7.11 Å². The summed E-state index contributed by atoms with van der Waals surface area (Å²) in [6.07, 6.45) is 0. The zero-order valence-corrected chi connectivity index (χ0v) is 13.2. The molecule has 0 atom stereocenters. The lowest BCUT2D eigenvalue weighted by molar-refractivity contribution is 0.0601. The van der Waals surface area contributed by atoms with Crippen LogP contribution < -0.4 is 0 Å². The van der Waals surface area contributed by atoms with Crippen LogP contribution in [-0.2, 0) is 4.74 Å². The SMILES string of the molecule is COC(=O)c1c(C)cccc1-c1cccc(-c2ccccc2)c1. The highest BCUT2D eigenvalue weighted by Crippen LogP contribution is 2.30. The van der Waals surface area contributed by atoms with Gasteiger partial charge in [-0.2, -0.15) is 0 Å². The number of ether oxygens (including phenoxy) is 1. The molecule has 0 fully saturated rings. The highest BCUT2D eigenvalue weighted by molar-refractivity contribution is 5.99. The van der Waals surface area contributed by atoms with E-state index in [9.17, 15) is 4.79 Å². The van der Waals surface area contributed by atoms with Crippen LogP contribution in [0, 0.1) is 6.92 Å². The van der Waals surface area contributed by atoms with Gasteiger partial charge in [0.1, 0.15) is 0 Å². The molecule has 114 valence electrons. The van der Waals surface area contributed by atoms with Gasteiger partial charge >= 0.3 is 5.97 Å². The van der Waals surface area contributed by atoms with Crippen molar-refractivity contribution in [2.24, 2.45) is 0 Å². The van der Waals surface area contributed by atoms with E-state index >= 15 is 0 Å². The zero-order valence-electron chi connectivity index (χ0n) is 13.2. The molecule has 0 aliphatic heterocycles. The molecule has 2 nitrogen and oxygen atoms in total. The van der Waals surface area contributed by atoms with E-state index in [2.05, 4.69) is 24.3 Å². The Bertz CT molecular complexity index is 835. The first-order chi connectivity index (χ1) is 11.2. The van der Waals surface area contributed by atoms with Gasteiger partial charge in [0.25, 0.3) is 0 Å². The summed E-state index contributed by atoms with van der Waals surface area (Å²) in [7, 11) is 1.42. The quantitative estimate of drug-likeness (QED) is 0.628. The van der Waals surface area contributed by atoms with Crippen molar-refractivity contribution in [2.45, 2.75) is 6.92 Å². The monoisotopic (exact) mass is 302 g/mol. The van der Waals surface area contributed by atoms with Crippen LogP contribution in [0.3, 0.4) is 0 Å². The molecule has 0 aliphatic rings. The van der Waals surface area contributed by atoms with Crippen molar-refractivity contribution in [1.82, 2.24) is 0 Å².